The van der Waals surface area contributed by atoms with Crippen LogP contribution in [0.4, 0.5) is 0 Å². The van der Waals surface area contributed by atoms with Crippen molar-refractivity contribution in [1.82, 2.24) is 0 Å². The first-order valence-corrected chi connectivity index (χ1v) is 5.43. The van der Waals surface area contributed by atoms with Crippen molar-refractivity contribution < 1.29 is 57.7 Å². The van der Waals surface area contributed by atoms with Crippen molar-refractivity contribution in [3.63, 3.8) is 0 Å². The largest absolute Gasteiger partial charge is 1.00 e. The number of allylic oxidation sites excluding steroid dienone is 2. The normalized spacial score (nSPS) is 16.9. The van der Waals surface area contributed by atoms with Crippen LogP contribution in [0.15, 0.2) is 23.8 Å². The van der Waals surface area contributed by atoms with Crippen LogP contribution in [0.2, 0.25) is 0 Å². The van der Waals surface area contributed by atoms with Crippen molar-refractivity contribution in [3.05, 3.63) is 34.9 Å². The second-order valence-corrected chi connectivity index (χ2v) is 4.64. The summed E-state index contributed by atoms with van der Waals surface area (Å²) in [6.07, 6.45) is 0. The van der Waals surface area contributed by atoms with E-state index in [1.807, 2.05) is 0 Å². The topological polar surface area (TPSA) is 0 Å². The molecule has 0 bridgehead atoms. The SMILES string of the molecule is CC1=C(C)C(C)c2ccc[c]([Ti+3])c21.[Cl-].[Cl-].[Cl-]. The van der Waals surface area contributed by atoms with Gasteiger partial charge in [0.1, 0.15) is 0 Å². The van der Waals surface area contributed by atoms with Crippen molar-refractivity contribution in [2.45, 2.75) is 26.7 Å². The molecule has 0 fully saturated rings. The molecule has 1 unspecified atom stereocenters. The van der Waals surface area contributed by atoms with E-state index >= 15 is 0 Å². The first-order chi connectivity index (χ1) is 6.13. The Morgan fingerprint density at radius 3 is 2.12 bits per heavy atom. The third-order valence-corrected chi connectivity index (χ3v) is 3.83. The van der Waals surface area contributed by atoms with E-state index in [0.29, 0.717) is 5.92 Å². The van der Waals surface area contributed by atoms with E-state index in [4.69, 9.17) is 0 Å². The molecule has 1 aromatic rings. The third kappa shape index (κ3) is 2.86. The number of rotatable bonds is 0. The Hall–Kier alpha value is 0.544. The van der Waals surface area contributed by atoms with Crippen molar-refractivity contribution in [2.24, 2.45) is 0 Å². The Kier molecular flexibility index (Phi) is 8.37. The molecular formula is C12H13Cl3Ti. The number of benzene rings is 1. The van der Waals surface area contributed by atoms with E-state index in [9.17, 15) is 0 Å². The fraction of sp³-hybridized carbons (Fsp3) is 0.333. The summed E-state index contributed by atoms with van der Waals surface area (Å²) < 4.78 is 1.42. The van der Waals surface area contributed by atoms with Gasteiger partial charge in [-0.1, -0.05) is 0 Å². The van der Waals surface area contributed by atoms with Crippen LogP contribution in [0.1, 0.15) is 37.8 Å². The minimum atomic E-state index is 0. The molecule has 1 aliphatic carbocycles. The Morgan fingerprint density at radius 1 is 1.06 bits per heavy atom. The molecule has 0 amide bonds. The average Bonchev–Trinajstić information content (AvgIpc) is 2.33. The quantitative estimate of drug-likeness (QED) is 0.418. The predicted molar refractivity (Wildman–Crippen MR) is 52.8 cm³/mol. The summed E-state index contributed by atoms with van der Waals surface area (Å²) in [4.78, 5) is 0. The molecule has 4 heteroatoms. The van der Waals surface area contributed by atoms with Gasteiger partial charge < -0.3 is 37.2 Å². The number of hydrogen-bond acceptors (Lipinski definition) is 0. The molecule has 0 heterocycles. The molecule has 0 saturated carbocycles. The molecule has 0 radical (unpaired) electrons. The van der Waals surface area contributed by atoms with E-state index in [1.165, 1.54) is 26.1 Å². The molecule has 1 atom stereocenters. The first-order valence-electron chi connectivity index (χ1n) is 4.65. The summed E-state index contributed by atoms with van der Waals surface area (Å²) in [6, 6.07) is 6.62. The smallest absolute Gasteiger partial charge is 1.00 e. The summed E-state index contributed by atoms with van der Waals surface area (Å²) in [6.45, 7) is 6.79. The standard InChI is InChI=1S/C12H13.3ClH.Ti/c1-8-9(2)11-6-4-5-7-12(11)10(8)3;;;;/h4-6,9H,1-3H3;3*1H;/q;;;;+3/p-3. The molecule has 2 rings (SSSR count). The van der Waals surface area contributed by atoms with Gasteiger partial charge in [0, 0.05) is 0 Å². The molecule has 1 aliphatic rings. The van der Waals surface area contributed by atoms with Crippen LogP contribution < -0.4 is 41.1 Å². The Bertz CT molecular complexity index is 399. The zero-order valence-electron chi connectivity index (χ0n) is 9.44. The van der Waals surface area contributed by atoms with Gasteiger partial charge >= 0.3 is 91.5 Å². The van der Waals surface area contributed by atoms with Crippen LogP contribution in [0.5, 0.6) is 0 Å². The zero-order valence-corrected chi connectivity index (χ0v) is 13.3. The molecule has 86 valence electrons. The number of halogens is 3. The van der Waals surface area contributed by atoms with Crippen LogP contribution in [0.25, 0.3) is 5.57 Å². The molecule has 0 aliphatic heterocycles. The van der Waals surface area contributed by atoms with Crippen molar-refractivity contribution in [1.29, 1.82) is 0 Å². The Balaban J connectivity index is 0. The minimum Gasteiger partial charge on any atom is -1.00 e. The van der Waals surface area contributed by atoms with Crippen LogP contribution >= 0.6 is 0 Å². The van der Waals surface area contributed by atoms with Gasteiger partial charge in [-0.25, -0.2) is 0 Å². The van der Waals surface area contributed by atoms with Gasteiger partial charge in [-0.2, -0.15) is 0 Å². The molecule has 1 aromatic carbocycles. The molecular weight excluding hydrogens is 298 g/mol. The maximum atomic E-state index is 2.30. The average molecular weight is 311 g/mol. The van der Waals surface area contributed by atoms with E-state index in [1.54, 1.807) is 0 Å². The number of hydrogen-bond donors (Lipinski definition) is 0. The van der Waals surface area contributed by atoms with E-state index in [2.05, 4.69) is 59.4 Å². The summed E-state index contributed by atoms with van der Waals surface area (Å²) in [5.74, 6) is 0.620. The van der Waals surface area contributed by atoms with E-state index in [0.717, 1.165) is 0 Å². The van der Waals surface area contributed by atoms with Crippen molar-refractivity contribution >= 4 is 9.44 Å². The van der Waals surface area contributed by atoms with Crippen LogP contribution in [0.3, 0.4) is 0 Å². The van der Waals surface area contributed by atoms with E-state index in [-0.39, 0.29) is 37.2 Å². The van der Waals surface area contributed by atoms with Crippen molar-refractivity contribution in [3.8, 4) is 0 Å². The summed E-state index contributed by atoms with van der Waals surface area (Å²) in [5.41, 5.74) is 6.02. The summed E-state index contributed by atoms with van der Waals surface area (Å²) in [5, 5.41) is 0. The second kappa shape index (κ2) is 7.08. The molecule has 0 N–H and O–H groups in total. The minimum absolute atomic E-state index is 0. The van der Waals surface area contributed by atoms with Crippen molar-refractivity contribution in [2.75, 3.05) is 0 Å². The maximum Gasteiger partial charge on any atom is -1.00 e. The Labute approximate surface area is 128 Å². The third-order valence-electron chi connectivity index (χ3n) is 3.18. The number of fused-ring (bicyclic) bond motifs is 1. The van der Waals surface area contributed by atoms with Crippen LogP contribution in [-0.4, -0.2) is 0 Å². The molecule has 0 saturated heterocycles. The van der Waals surface area contributed by atoms with Gasteiger partial charge in [0.15, 0.2) is 0 Å². The van der Waals surface area contributed by atoms with Gasteiger partial charge in [0.05, 0.1) is 0 Å². The fourth-order valence-corrected chi connectivity index (χ4v) is 2.77. The van der Waals surface area contributed by atoms with Gasteiger partial charge in [0.2, 0.25) is 0 Å². The second-order valence-electron chi connectivity index (χ2n) is 3.80. The monoisotopic (exact) mass is 310 g/mol. The van der Waals surface area contributed by atoms with Gasteiger partial charge in [-0.3, -0.25) is 0 Å². The van der Waals surface area contributed by atoms with Crippen LogP contribution in [-0.2, 0) is 20.4 Å². The molecule has 0 aromatic heterocycles. The van der Waals surface area contributed by atoms with Gasteiger partial charge in [0.25, 0.3) is 0 Å². The molecule has 0 spiro atoms. The summed E-state index contributed by atoms with van der Waals surface area (Å²) in [7, 11) is 0. The summed E-state index contributed by atoms with van der Waals surface area (Å²) >= 11 is 2.20. The van der Waals surface area contributed by atoms with Gasteiger partial charge in [-0.05, 0) is 0 Å². The van der Waals surface area contributed by atoms with Gasteiger partial charge in [-0.15, -0.1) is 0 Å². The zero-order chi connectivity index (χ0) is 9.59. The molecule has 0 nitrogen and oxygen atoms in total. The fourth-order valence-electron chi connectivity index (χ4n) is 2.10. The maximum absolute atomic E-state index is 2.30. The van der Waals surface area contributed by atoms with Crippen LogP contribution in [0, 0.1) is 0 Å². The molecule has 16 heavy (non-hydrogen) atoms. The van der Waals surface area contributed by atoms with E-state index < -0.39 is 0 Å². The Morgan fingerprint density at radius 2 is 1.62 bits per heavy atom. The first kappa shape index (κ1) is 18.9. The predicted octanol–water partition coefficient (Wildman–Crippen LogP) is -6.22.